The van der Waals surface area contributed by atoms with Crippen LogP contribution in [0.25, 0.3) is 22.1 Å². The van der Waals surface area contributed by atoms with E-state index in [0.29, 0.717) is 18.4 Å². The van der Waals surface area contributed by atoms with Gasteiger partial charge in [0.25, 0.3) is 0 Å². The zero-order valence-electron chi connectivity index (χ0n) is 26.7. The zero-order valence-corrected chi connectivity index (χ0v) is 26.7. The Hall–Kier alpha value is -5.03. The van der Waals surface area contributed by atoms with Crippen molar-refractivity contribution in [3.8, 4) is 28.4 Å². The first-order valence-electron chi connectivity index (χ1n) is 15.5. The number of nitrogens with two attached hydrogens (primary N) is 1. The molecule has 7 N–H and O–H groups in total. The summed E-state index contributed by atoms with van der Waals surface area (Å²) in [5.41, 5.74) is 5.53. The zero-order chi connectivity index (χ0) is 35.5. The maximum Gasteiger partial charge on any atom is 0.337 e. The van der Waals surface area contributed by atoms with Crippen LogP contribution in [-0.4, -0.2) is 97.3 Å². The molecule has 1 saturated carbocycles. The second-order valence-electron chi connectivity index (χ2n) is 11.3. The van der Waals surface area contributed by atoms with Gasteiger partial charge in [0.15, 0.2) is 0 Å². The number of phenolic OH excluding ortho intramolecular Hbond substituents is 2. The monoisotopic (exact) mass is 685 g/mol. The van der Waals surface area contributed by atoms with Crippen molar-refractivity contribution >= 4 is 34.7 Å². The van der Waals surface area contributed by atoms with Crippen LogP contribution in [0.3, 0.4) is 0 Å². The maximum absolute atomic E-state index is 13.0. The molecule has 0 bridgehead atoms. The van der Waals surface area contributed by atoms with Crippen molar-refractivity contribution in [3.05, 3.63) is 52.9 Å². The first-order chi connectivity index (χ1) is 23.5. The van der Waals surface area contributed by atoms with Gasteiger partial charge in [0, 0.05) is 38.6 Å². The van der Waals surface area contributed by atoms with Gasteiger partial charge in [-0.25, -0.2) is 4.79 Å². The van der Waals surface area contributed by atoms with Gasteiger partial charge in [0.1, 0.15) is 41.1 Å². The lowest BCUT2D eigenvalue weighted by atomic mass is 9.80. The van der Waals surface area contributed by atoms with Gasteiger partial charge in [0.05, 0.1) is 49.6 Å². The molecule has 3 aromatic rings. The van der Waals surface area contributed by atoms with Crippen LogP contribution in [-0.2, 0) is 33.4 Å². The molecule has 4 unspecified atom stereocenters. The van der Waals surface area contributed by atoms with E-state index < -0.39 is 59.7 Å². The van der Waals surface area contributed by atoms with Crippen molar-refractivity contribution in [2.24, 2.45) is 11.7 Å². The number of carbonyl (C=O) groups excluding carboxylic acids is 4. The number of primary amides is 1. The quantitative estimate of drug-likeness (QED) is 0.0683. The lowest BCUT2D eigenvalue weighted by molar-refractivity contribution is -0.141. The molecule has 4 rings (SSSR count). The molecule has 16 heteroatoms. The number of nitrogens with one attached hydrogen (secondary N) is 2. The fourth-order valence-corrected chi connectivity index (χ4v) is 5.44. The molecule has 1 fully saturated rings. The standard InChI is InChI=1S/C33H39N3O13/c1-45-24-7-6-22(32(43)30(24)33(34)44)36-27(40)9-8-26(39)35-10-11-46-12-13-47-17-28(41)49-20-14-23(38)29-25(15-20)48-16-21(31(29)42)18-2-4-19(37)5-3-18/h2-5,14-16,22,24,30,32,37-38,43H,6-13,17H2,1H3,(H2,34,44)(H,35,39)(H,36,40). The van der Waals surface area contributed by atoms with Gasteiger partial charge in [-0.3, -0.25) is 19.2 Å². The highest BCUT2D eigenvalue weighted by molar-refractivity contribution is 5.89. The number of ether oxygens (including phenoxy) is 4. The fourth-order valence-electron chi connectivity index (χ4n) is 5.44. The van der Waals surface area contributed by atoms with Crippen molar-refractivity contribution < 1.29 is 57.9 Å². The minimum atomic E-state index is -1.20. The van der Waals surface area contributed by atoms with E-state index in [2.05, 4.69) is 10.6 Å². The van der Waals surface area contributed by atoms with Gasteiger partial charge in [0.2, 0.25) is 23.2 Å². The fraction of sp³-hybridized carbons (Fsp3) is 0.424. The van der Waals surface area contributed by atoms with E-state index in [1.54, 1.807) is 0 Å². The van der Waals surface area contributed by atoms with E-state index in [0.717, 1.165) is 6.07 Å². The van der Waals surface area contributed by atoms with Crippen LogP contribution in [0.4, 0.5) is 0 Å². The number of rotatable bonds is 16. The third-order valence-electron chi connectivity index (χ3n) is 7.90. The number of fused-ring (bicyclic) bond motifs is 1. The van der Waals surface area contributed by atoms with Crippen LogP contribution >= 0.6 is 0 Å². The maximum atomic E-state index is 13.0. The molecule has 264 valence electrons. The SMILES string of the molecule is COC1CCC(NC(=O)CCC(=O)NCCOCCOCC(=O)Oc2cc(O)c3c(=O)c(-c4ccc(O)cc4)coc3c2)C(O)C1C(N)=O. The topological polar surface area (TPSA) is 246 Å². The van der Waals surface area contributed by atoms with E-state index in [-0.39, 0.29) is 73.1 Å². The third kappa shape index (κ3) is 9.99. The molecular formula is C33H39N3O13. The number of amides is 3. The summed E-state index contributed by atoms with van der Waals surface area (Å²) in [6, 6.07) is 7.62. The van der Waals surface area contributed by atoms with E-state index in [9.17, 15) is 39.3 Å². The largest absolute Gasteiger partial charge is 0.508 e. The number of aliphatic hydroxyl groups excluding tert-OH is 1. The van der Waals surface area contributed by atoms with Gasteiger partial charge < -0.3 is 55.1 Å². The second kappa shape index (κ2) is 17.4. The molecule has 4 atom stereocenters. The van der Waals surface area contributed by atoms with Gasteiger partial charge >= 0.3 is 5.97 Å². The summed E-state index contributed by atoms with van der Waals surface area (Å²) in [4.78, 5) is 61.3. The summed E-state index contributed by atoms with van der Waals surface area (Å²) < 4.78 is 26.5. The molecule has 0 aliphatic heterocycles. The molecule has 49 heavy (non-hydrogen) atoms. The van der Waals surface area contributed by atoms with Gasteiger partial charge in [-0.2, -0.15) is 0 Å². The van der Waals surface area contributed by atoms with E-state index in [1.807, 2.05) is 0 Å². The van der Waals surface area contributed by atoms with E-state index >= 15 is 0 Å². The number of hydrogen-bond donors (Lipinski definition) is 6. The highest BCUT2D eigenvalue weighted by atomic mass is 16.6. The number of carbonyl (C=O) groups is 4. The molecule has 1 aromatic heterocycles. The van der Waals surface area contributed by atoms with Crippen molar-refractivity contribution in [2.75, 3.05) is 40.1 Å². The molecule has 16 nitrogen and oxygen atoms in total. The number of benzene rings is 2. The third-order valence-corrected chi connectivity index (χ3v) is 7.90. The highest BCUT2D eigenvalue weighted by Crippen LogP contribution is 2.31. The van der Waals surface area contributed by atoms with Crippen LogP contribution < -0.4 is 26.5 Å². The molecule has 2 aromatic carbocycles. The Labute approximate surface area is 280 Å². The number of phenols is 2. The minimum Gasteiger partial charge on any atom is -0.508 e. The van der Waals surface area contributed by atoms with Gasteiger partial charge in [-0.1, -0.05) is 12.1 Å². The summed E-state index contributed by atoms with van der Waals surface area (Å²) >= 11 is 0. The summed E-state index contributed by atoms with van der Waals surface area (Å²) in [6.45, 7) is 0.0249. The minimum absolute atomic E-state index is 0.0000443. The average molecular weight is 686 g/mol. The Morgan fingerprint density at radius 1 is 0.980 bits per heavy atom. The number of esters is 1. The van der Waals surface area contributed by atoms with Gasteiger partial charge in [-0.05, 0) is 30.5 Å². The summed E-state index contributed by atoms with van der Waals surface area (Å²) in [6.07, 6.45) is 0.0982. The second-order valence-corrected chi connectivity index (χ2v) is 11.3. The van der Waals surface area contributed by atoms with Crippen molar-refractivity contribution in [2.45, 2.75) is 43.9 Å². The van der Waals surface area contributed by atoms with Crippen LogP contribution in [0.1, 0.15) is 25.7 Å². The van der Waals surface area contributed by atoms with Crippen molar-refractivity contribution in [3.63, 3.8) is 0 Å². The predicted molar refractivity (Wildman–Crippen MR) is 171 cm³/mol. The average Bonchev–Trinajstić information content (AvgIpc) is 3.06. The molecular weight excluding hydrogens is 646 g/mol. The molecule has 1 aliphatic carbocycles. The molecule has 1 heterocycles. The molecule has 1 aliphatic rings. The van der Waals surface area contributed by atoms with E-state index in [4.69, 9.17) is 29.1 Å². The summed E-state index contributed by atoms with van der Waals surface area (Å²) in [7, 11) is 1.42. The molecule has 3 amide bonds. The van der Waals surface area contributed by atoms with Crippen molar-refractivity contribution in [1.29, 1.82) is 0 Å². The van der Waals surface area contributed by atoms with Crippen molar-refractivity contribution in [1.82, 2.24) is 10.6 Å². The Bertz CT molecular complexity index is 1690. The molecule has 0 saturated heterocycles. The predicted octanol–water partition coefficient (Wildman–Crippen LogP) is 0.462. The first-order valence-corrected chi connectivity index (χ1v) is 15.5. The first kappa shape index (κ1) is 36.8. The lowest BCUT2D eigenvalue weighted by Crippen LogP contribution is -2.57. The smallest absolute Gasteiger partial charge is 0.337 e. The van der Waals surface area contributed by atoms with Crippen LogP contribution in [0.15, 0.2) is 51.9 Å². The van der Waals surface area contributed by atoms with Crippen LogP contribution in [0.2, 0.25) is 0 Å². The number of methoxy groups -OCH3 is 1. The number of hydrogen-bond acceptors (Lipinski definition) is 13. The van der Waals surface area contributed by atoms with E-state index in [1.165, 1.54) is 43.7 Å². The Balaban J connectivity index is 1.09. The van der Waals surface area contributed by atoms with Crippen LogP contribution in [0, 0.1) is 5.92 Å². The number of aliphatic hydroxyl groups is 1. The molecule has 0 radical (unpaired) electrons. The summed E-state index contributed by atoms with van der Waals surface area (Å²) in [5.74, 6) is -3.74. The number of aromatic hydroxyl groups is 2. The highest BCUT2D eigenvalue weighted by Gasteiger charge is 2.42. The normalized spacial score (nSPS) is 18.9. The Morgan fingerprint density at radius 3 is 2.41 bits per heavy atom. The Kier molecular flexibility index (Phi) is 13.1. The summed E-state index contributed by atoms with van der Waals surface area (Å²) in [5, 5.41) is 35.6. The van der Waals surface area contributed by atoms with Gasteiger partial charge in [-0.15, -0.1) is 0 Å². The van der Waals surface area contributed by atoms with Crippen LogP contribution in [0.5, 0.6) is 17.2 Å². The Morgan fingerprint density at radius 2 is 1.69 bits per heavy atom. The molecule has 0 spiro atoms. The lowest BCUT2D eigenvalue weighted by Gasteiger charge is -2.38.